The van der Waals surface area contributed by atoms with Gasteiger partial charge in [-0.15, -0.1) is 0 Å². The van der Waals surface area contributed by atoms with Crippen molar-refractivity contribution < 1.29 is 12.8 Å². The van der Waals surface area contributed by atoms with Gasteiger partial charge in [0.15, 0.2) is 0 Å². The van der Waals surface area contributed by atoms with Crippen molar-refractivity contribution in [3.8, 4) is 0 Å². The van der Waals surface area contributed by atoms with Crippen LogP contribution in [0, 0.1) is 5.92 Å². The van der Waals surface area contributed by atoms with Crippen LogP contribution in [0.5, 0.6) is 0 Å². The van der Waals surface area contributed by atoms with Crippen LogP contribution in [0.2, 0.25) is 0 Å². The van der Waals surface area contributed by atoms with Crippen LogP contribution in [-0.4, -0.2) is 48.8 Å². The minimum absolute atomic E-state index is 0. The Morgan fingerprint density at radius 1 is 1.14 bits per heavy atom. The maximum atomic E-state index is 10.8. The van der Waals surface area contributed by atoms with E-state index in [1.165, 1.54) is 19.3 Å². The number of carboxylic acids is 1. The number of hydrogen-bond donors (Lipinski definition) is 1. The molecule has 82 valence electrons. The van der Waals surface area contributed by atoms with Gasteiger partial charge in [0.1, 0.15) is 0 Å². The van der Waals surface area contributed by atoms with Gasteiger partial charge >= 0.3 is 43.7 Å². The first kappa shape index (κ1) is 17.1. The van der Waals surface area contributed by atoms with E-state index in [-0.39, 0.29) is 46.5 Å². The molecule has 0 aliphatic carbocycles. The zero-order chi connectivity index (χ0) is 10.1. The third-order valence-electron chi connectivity index (χ3n) is 2.39. The van der Waals surface area contributed by atoms with E-state index in [2.05, 4.69) is 6.92 Å². The van der Waals surface area contributed by atoms with Crippen molar-refractivity contribution in [1.82, 2.24) is 0 Å². The third kappa shape index (κ3) is 9.29. The smallest absolute Gasteiger partial charge is 1.00 e. The molecule has 0 amide bonds. The molecule has 0 aromatic carbocycles. The third-order valence-corrected chi connectivity index (χ3v) is 2.39. The topological polar surface area (TPSA) is 37.3 Å². The first-order valence-electron chi connectivity index (χ1n) is 5.45. The van der Waals surface area contributed by atoms with Crippen LogP contribution >= 0.6 is 0 Å². The summed E-state index contributed by atoms with van der Waals surface area (Å²) < 4.78 is 0. The largest absolute Gasteiger partial charge is 2.00 e. The summed E-state index contributed by atoms with van der Waals surface area (Å²) in [6.45, 7) is 4.21. The molecule has 0 rings (SSSR count). The van der Waals surface area contributed by atoms with Crippen LogP contribution in [0.25, 0.3) is 0 Å². The maximum Gasteiger partial charge on any atom is 2.00 e. The maximum absolute atomic E-state index is 10.8. The zero-order valence-electron chi connectivity index (χ0n) is 11.6. The fourth-order valence-electron chi connectivity index (χ4n) is 1.56. The van der Waals surface area contributed by atoms with Crippen LogP contribution in [0.4, 0.5) is 0 Å². The SMILES string of the molecule is CCCCCC[C@H](CCC)C(=O)O.[Ca+2].[H-].[H-]. The minimum Gasteiger partial charge on any atom is -1.00 e. The Bertz CT molecular complexity index is 146. The molecule has 0 fully saturated rings. The molecule has 0 aromatic heterocycles. The Morgan fingerprint density at radius 3 is 2.21 bits per heavy atom. The molecule has 1 atom stereocenters. The Balaban J connectivity index is -0.000000240. The van der Waals surface area contributed by atoms with E-state index < -0.39 is 5.97 Å². The number of unbranched alkanes of at least 4 members (excludes halogenated alkanes) is 3. The van der Waals surface area contributed by atoms with Crippen molar-refractivity contribution in [1.29, 1.82) is 0 Å². The van der Waals surface area contributed by atoms with E-state index in [1.54, 1.807) is 0 Å². The molecular weight excluding hydrogens is 204 g/mol. The fourth-order valence-corrected chi connectivity index (χ4v) is 1.56. The Kier molecular flexibility index (Phi) is 14.4. The average molecular weight is 228 g/mol. The molecule has 3 heteroatoms. The van der Waals surface area contributed by atoms with Gasteiger partial charge in [-0.3, -0.25) is 4.79 Å². The van der Waals surface area contributed by atoms with Crippen LogP contribution in [0.15, 0.2) is 0 Å². The Morgan fingerprint density at radius 2 is 1.79 bits per heavy atom. The summed E-state index contributed by atoms with van der Waals surface area (Å²) in [6.07, 6.45) is 7.38. The van der Waals surface area contributed by atoms with Gasteiger partial charge in [-0.1, -0.05) is 46.0 Å². The number of carboxylic acid groups (broad SMARTS) is 1. The van der Waals surface area contributed by atoms with E-state index in [9.17, 15) is 4.79 Å². The number of rotatable bonds is 8. The Labute approximate surface area is 120 Å². The molecule has 0 heterocycles. The van der Waals surface area contributed by atoms with Crippen molar-refractivity contribution in [2.24, 2.45) is 5.92 Å². The minimum atomic E-state index is -0.613. The molecule has 14 heavy (non-hydrogen) atoms. The monoisotopic (exact) mass is 228 g/mol. The average Bonchev–Trinajstić information content (AvgIpc) is 2.10. The van der Waals surface area contributed by atoms with Gasteiger partial charge < -0.3 is 7.96 Å². The van der Waals surface area contributed by atoms with Crippen molar-refractivity contribution in [3.63, 3.8) is 0 Å². The molecule has 0 spiro atoms. The van der Waals surface area contributed by atoms with Gasteiger partial charge in [0, 0.05) is 0 Å². The molecule has 0 aromatic rings. The van der Waals surface area contributed by atoms with Gasteiger partial charge in [0.2, 0.25) is 0 Å². The molecule has 0 saturated carbocycles. The fraction of sp³-hybridized carbons (Fsp3) is 0.909. The summed E-state index contributed by atoms with van der Waals surface area (Å²) in [7, 11) is 0. The van der Waals surface area contributed by atoms with Gasteiger partial charge in [0.25, 0.3) is 0 Å². The van der Waals surface area contributed by atoms with Crippen LogP contribution in [-0.2, 0) is 4.79 Å². The predicted octanol–water partition coefficient (Wildman–Crippen LogP) is 3.30. The van der Waals surface area contributed by atoms with E-state index in [0.29, 0.717) is 0 Å². The predicted molar refractivity (Wildman–Crippen MR) is 62.8 cm³/mol. The quantitative estimate of drug-likeness (QED) is 0.511. The molecule has 1 N–H and O–H groups in total. The van der Waals surface area contributed by atoms with E-state index in [0.717, 1.165) is 25.7 Å². The van der Waals surface area contributed by atoms with Crippen molar-refractivity contribution in [3.05, 3.63) is 0 Å². The van der Waals surface area contributed by atoms with Crippen molar-refractivity contribution in [2.45, 2.75) is 58.8 Å². The van der Waals surface area contributed by atoms with E-state index in [1.807, 2.05) is 6.92 Å². The zero-order valence-corrected chi connectivity index (χ0v) is 11.8. The second kappa shape index (κ2) is 11.8. The van der Waals surface area contributed by atoms with E-state index >= 15 is 0 Å². The van der Waals surface area contributed by atoms with Gasteiger partial charge in [-0.25, -0.2) is 0 Å². The summed E-state index contributed by atoms with van der Waals surface area (Å²) in [5, 5.41) is 8.86. The number of hydrogen-bond acceptors (Lipinski definition) is 1. The molecule has 0 radical (unpaired) electrons. The second-order valence-corrected chi connectivity index (χ2v) is 3.67. The van der Waals surface area contributed by atoms with Crippen LogP contribution in [0.3, 0.4) is 0 Å². The summed E-state index contributed by atoms with van der Waals surface area (Å²) in [5.41, 5.74) is 0. The van der Waals surface area contributed by atoms with Crippen LogP contribution in [0.1, 0.15) is 61.6 Å². The van der Waals surface area contributed by atoms with Gasteiger partial charge in [0.05, 0.1) is 5.92 Å². The Hall–Kier alpha value is 0.730. The molecule has 0 aliphatic rings. The van der Waals surface area contributed by atoms with Crippen molar-refractivity contribution in [2.75, 3.05) is 0 Å². The van der Waals surface area contributed by atoms with E-state index in [4.69, 9.17) is 5.11 Å². The summed E-state index contributed by atoms with van der Waals surface area (Å²) in [6, 6.07) is 0. The molecule has 2 nitrogen and oxygen atoms in total. The summed E-state index contributed by atoms with van der Waals surface area (Å²) in [4.78, 5) is 10.8. The number of carbonyl (C=O) groups is 1. The molecule has 0 aliphatic heterocycles. The van der Waals surface area contributed by atoms with Crippen molar-refractivity contribution >= 4 is 43.7 Å². The molecule has 0 saturated heterocycles. The summed E-state index contributed by atoms with van der Waals surface area (Å²) >= 11 is 0. The molecule has 0 unspecified atom stereocenters. The first-order chi connectivity index (χ1) is 6.22. The number of aliphatic carboxylic acids is 1. The van der Waals surface area contributed by atoms with Gasteiger partial charge in [-0.2, -0.15) is 0 Å². The standard InChI is InChI=1S/C11H22O2.Ca.2H/c1-3-5-6-7-9-10(8-4-2)11(12)13;;;/h10H,3-9H2,1-2H3,(H,12,13);;;/q;+2;2*-1/t10-;;;/m0.../s1. The second-order valence-electron chi connectivity index (χ2n) is 3.67. The first-order valence-corrected chi connectivity index (χ1v) is 5.45. The van der Waals surface area contributed by atoms with Crippen LogP contribution < -0.4 is 0 Å². The molecular formula is C11H24CaO2. The van der Waals surface area contributed by atoms with Gasteiger partial charge in [-0.05, 0) is 12.8 Å². The summed E-state index contributed by atoms with van der Waals surface area (Å²) in [5.74, 6) is -0.708. The normalized spacial score (nSPS) is 11.9. The molecule has 0 bridgehead atoms.